The van der Waals surface area contributed by atoms with E-state index in [9.17, 15) is 19.1 Å². The van der Waals surface area contributed by atoms with Gasteiger partial charge in [0.1, 0.15) is 23.1 Å². The zero-order valence-electron chi connectivity index (χ0n) is 18.3. The van der Waals surface area contributed by atoms with E-state index in [0.29, 0.717) is 11.3 Å². The van der Waals surface area contributed by atoms with Gasteiger partial charge < -0.3 is 14.6 Å². The number of benzene rings is 3. The fraction of sp³-hybridized carbons (Fsp3) is 0.115. The van der Waals surface area contributed by atoms with Crippen LogP contribution in [0, 0.1) is 17.1 Å². The van der Waals surface area contributed by atoms with E-state index in [1.54, 1.807) is 18.2 Å². The van der Waals surface area contributed by atoms with Gasteiger partial charge >= 0.3 is 0 Å². The van der Waals surface area contributed by atoms with Crippen LogP contribution in [0.1, 0.15) is 22.7 Å². The number of halogens is 1. The predicted octanol–water partition coefficient (Wildman–Crippen LogP) is 4.34. The SMILES string of the molecule is COc1ccc(OC)c(/C(O)=C2\C(=O)C(=O)N(c3ccc(C#N)cc3)C2c2ccccc2F)c1. The quantitative estimate of drug-likeness (QED) is 0.347. The van der Waals surface area contributed by atoms with Gasteiger partial charge in [0.05, 0.1) is 43.0 Å². The minimum atomic E-state index is -1.26. The normalized spacial score (nSPS) is 16.9. The highest BCUT2D eigenvalue weighted by atomic mass is 19.1. The molecule has 1 amide bonds. The van der Waals surface area contributed by atoms with E-state index in [1.165, 1.54) is 62.8 Å². The highest BCUT2D eigenvalue weighted by molar-refractivity contribution is 6.51. The molecule has 1 atom stereocenters. The summed E-state index contributed by atoms with van der Waals surface area (Å²) in [6, 6.07) is 17.0. The van der Waals surface area contributed by atoms with Gasteiger partial charge in [0.25, 0.3) is 11.7 Å². The van der Waals surface area contributed by atoms with E-state index >= 15 is 0 Å². The molecule has 0 radical (unpaired) electrons. The maximum absolute atomic E-state index is 15.0. The largest absolute Gasteiger partial charge is 0.507 e. The first-order valence-electron chi connectivity index (χ1n) is 10.2. The summed E-state index contributed by atoms with van der Waals surface area (Å²) in [6.07, 6.45) is 0. The number of ketones is 1. The highest BCUT2D eigenvalue weighted by Crippen LogP contribution is 2.44. The Morgan fingerprint density at radius 3 is 2.35 bits per heavy atom. The number of aliphatic hydroxyl groups is 1. The number of methoxy groups -OCH3 is 2. The summed E-state index contributed by atoms with van der Waals surface area (Å²) in [6.45, 7) is 0. The van der Waals surface area contributed by atoms with Crippen molar-refractivity contribution in [2.75, 3.05) is 19.1 Å². The van der Waals surface area contributed by atoms with E-state index in [2.05, 4.69) is 0 Å². The zero-order valence-corrected chi connectivity index (χ0v) is 18.3. The van der Waals surface area contributed by atoms with Crippen LogP contribution < -0.4 is 14.4 Å². The van der Waals surface area contributed by atoms with E-state index < -0.39 is 29.3 Å². The third-order valence-electron chi connectivity index (χ3n) is 5.58. The number of amides is 1. The van der Waals surface area contributed by atoms with Gasteiger partial charge in [-0.15, -0.1) is 0 Å². The minimum absolute atomic E-state index is 0.0227. The summed E-state index contributed by atoms with van der Waals surface area (Å²) in [5.41, 5.74) is 0.455. The lowest BCUT2D eigenvalue weighted by atomic mass is 9.94. The molecule has 3 aromatic carbocycles. The van der Waals surface area contributed by atoms with Crippen molar-refractivity contribution in [2.24, 2.45) is 0 Å². The molecule has 0 saturated carbocycles. The van der Waals surface area contributed by atoms with E-state index in [4.69, 9.17) is 14.7 Å². The first kappa shape index (κ1) is 22.6. The van der Waals surface area contributed by atoms with Crippen LogP contribution in [0.5, 0.6) is 11.5 Å². The van der Waals surface area contributed by atoms with Crippen LogP contribution in [0.15, 0.2) is 72.3 Å². The van der Waals surface area contributed by atoms with Crippen LogP contribution in [0.2, 0.25) is 0 Å². The summed E-state index contributed by atoms with van der Waals surface area (Å²) in [7, 11) is 2.83. The number of rotatable bonds is 5. The highest BCUT2D eigenvalue weighted by Gasteiger charge is 2.48. The predicted molar refractivity (Wildman–Crippen MR) is 122 cm³/mol. The Morgan fingerprint density at radius 2 is 1.74 bits per heavy atom. The average Bonchev–Trinajstić information content (AvgIpc) is 3.13. The Hall–Kier alpha value is -4.64. The van der Waals surface area contributed by atoms with Crippen molar-refractivity contribution in [3.8, 4) is 17.6 Å². The molecule has 7 nitrogen and oxygen atoms in total. The number of nitrogens with zero attached hydrogens (tertiary/aromatic N) is 2. The van der Waals surface area contributed by atoms with Crippen LogP contribution >= 0.6 is 0 Å². The molecule has 8 heteroatoms. The van der Waals surface area contributed by atoms with Crippen molar-refractivity contribution in [1.82, 2.24) is 0 Å². The monoisotopic (exact) mass is 458 g/mol. The van der Waals surface area contributed by atoms with Crippen molar-refractivity contribution >= 4 is 23.1 Å². The number of anilines is 1. The van der Waals surface area contributed by atoms with Gasteiger partial charge in [0, 0.05) is 11.3 Å². The number of hydrogen-bond donors (Lipinski definition) is 1. The average molecular weight is 458 g/mol. The fourth-order valence-electron chi connectivity index (χ4n) is 3.93. The summed E-state index contributed by atoms with van der Waals surface area (Å²) >= 11 is 0. The topological polar surface area (TPSA) is 99.9 Å². The van der Waals surface area contributed by atoms with E-state index in [-0.39, 0.29) is 28.1 Å². The molecule has 1 aliphatic heterocycles. The lowest BCUT2D eigenvalue weighted by Gasteiger charge is -2.26. The number of aliphatic hydroxyl groups excluding tert-OH is 1. The zero-order chi connectivity index (χ0) is 24.4. The van der Waals surface area contributed by atoms with Gasteiger partial charge in [-0.25, -0.2) is 4.39 Å². The second-order valence-corrected chi connectivity index (χ2v) is 7.42. The van der Waals surface area contributed by atoms with Crippen molar-refractivity contribution < 1.29 is 28.6 Å². The Kier molecular flexibility index (Phi) is 6.02. The van der Waals surface area contributed by atoms with Gasteiger partial charge in [-0.3, -0.25) is 14.5 Å². The van der Waals surface area contributed by atoms with E-state index in [1.807, 2.05) is 6.07 Å². The van der Waals surface area contributed by atoms with Gasteiger partial charge in [-0.05, 0) is 48.5 Å². The number of carbonyl (C=O) groups is 2. The second kappa shape index (κ2) is 9.08. The molecule has 0 aromatic heterocycles. The summed E-state index contributed by atoms with van der Waals surface area (Å²) in [5.74, 6) is -2.50. The molecular formula is C26H19FN2O5. The minimum Gasteiger partial charge on any atom is -0.507 e. The molecular weight excluding hydrogens is 439 g/mol. The molecule has 0 spiro atoms. The Balaban J connectivity index is 1.99. The maximum atomic E-state index is 15.0. The van der Waals surface area contributed by atoms with Crippen LogP contribution in [0.4, 0.5) is 10.1 Å². The molecule has 4 rings (SSSR count). The van der Waals surface area contributed by atoms with Gasteiger partial charge in [-0.2, -0.15) is 5.26 Å². The van der Waals surface area contributed by atoms with Crippen molar-refractivity contribution in [2.45, 2.75) is 6.04 Å². The molecule has 1 N–H and O–H groups in total. The molecule has 3 aromatic rings. The van der Waals surface area contributed by atoms with Crippen molar-refractivity contribution in [1.29, 1.82) is 5.26 Å². The smallest absolute Gasteiger partial charge is 0.300 e. The molecule has 0 bridgehead atoms. The molecule has 1 unspecified atom stereocenters. The Morgan fingerprint density at radius 1 is 1.03 bits per heavy atom. The van der Waals surface area contributed by atoms with Crippen LogP contribution in [0.25, 0.3) is 5.76 Å². The number of hydrogen-bond acceptors (Lipinski definition) is 6. The third kappa shape index (κ3) is 3.73. The number of Topliss-reactive ketones (excluding diaryl/α,β-unsaturated/α-hetero) is 1. The Bertz CT molecular complexity index is 1360. The lowest BCUT2D eigenvalue weighted by molar-refractivity contribution is -0.132. The molecule has 1 saturated heterocycles. The third-order valence-corrected chi connectivity index (χ3v) is 5.58. The molecule has 1 fully saturated rings. The fourth-order valence-corrected chi connectivity index (χ4v) is 3.93. The molecule has 170 valence electrons. The van der Waals surface area contributed by atoms with Crippen LogP contribution in [0.3, 0.4) is 0 Å². The molecule has 0 aliphatic carbocycles. The second-order valence-electron chi connectivity index (χ2n) is 7.42. The Labute approximate surface area is 194 Å². The molecule has 34 heavy (non-hydrogen) atoms. The summed E-state index contributed by atoms with van der Waals surface area (Å²) in [5, 5.41) is 20.4. The molecule has 1 heterocycles. The van der Waals surface area contributed by atoms with Gasteiger partial charge in [-0.1, -0.05) is 18.2 Å². The standard InChI is InChI=1S/C26H19FN2O5/c1-33-17-11-12-21(34-2)19(13-17)24(30)22-23(18-5-3-4-6-20(18)27)29(26(32)25(22)31)16-9-7-15(14-28)8-10-16/h3-13,23,30H,1-2H3/b24-22+. The lowest BCUT2D eigenvalue weighted by Crippen LogP contribution is -2.29. The first-order chi connectivity index (χ1) is 16.4. The van der Waals surface area contributed by atoms with Crippen molar-refractivity contribution in [3.63, 3.8) is 0 Å². The van der Waals surface area contributed by atoms with Crippen LogP contribution in [-0.4, -0.2) is 31.0 Å². The number of ether oxygens (including phenoxy) is 2. The maximum Gasteiger partial charge on any atom is 0.300 e. The first-order valence-corrected chi connectivity index (χ1v) is 10.2. The summed E-state index contributed by atoms with van der Waals surface area (Å²) in [4.78, 5) is 27.5. The van der Waals surface area contributed by atoms with E-state index in [0.717, 1.165) is 4.90 Å². The van der Waals surface area contributed by atoms with Crippen molar-refractivity contribution in [3.05, 3.63) is 94.8 Å². The molecule has 1 aliphatic rings. The van der Waals surface area contributed by atoms with Gasteiger partial charge in [0.15, 0.2) is 0 Å². The van der Waals surface area contributed by atoms with Crippen LogP contribution in [-0.2, 0) is 9.59 Å². The van der Waals surface area contributed by atoms with Gasteiger partial charge in [0.2, 0.25) is 0 Å². The number of carbonyl (C=O) groups excluding carboxylic acids is 2. The number of nitriles is 1. The summed E-state index contributed by atoms with van der Waals surface area (Å²) < 4.78 is 25.5.